The van der Waals surface area contributed by atoms with Gasteiger partial charge in [0.25, 0.3) is 5.97 Å². The molecule has 0 aliphatic heterocycles. The summed E-state index contributed by atoms with van der Waals surface area (Å²) in [6.07, 6.45) is 4.45. The van der Waals surface area contributed by atoms with Crippen LogP contribution in [0.5, 0.6) is 0 Å². The summed E-state index contributed by atoms with van der Waals surface area (Å²) in [4.78, 5) is 9.98. The fourth-order valence-corrected chi connectivity index (χ4v) is 1.04. The van der Waals surface area contributed by atoms with Gasteiger partial charge in [-0.25, -0.2) is 0 Å². The molecule has 0 amide bonds. The predicted octanol–water partition coefficient (Wildman–Crippen LogP) is 1.07. The average Bonchev–Trinajstić information content (AvgIpc) is 2.17. The average molecular weight is 190 g/mol. The Morgan fingerprint density at radius 2 is 1.85 bits per heavy atom. The van der Waals surface area contributed by atoms with E-state index in [1.165, 1.54) is 14.2 Å². The van der Waals surface area contributed by atoms with E-state index in [1.54, 1.807) is 0 Å². The topological polar surface area (TPSA) is 55.8 Å². The Bertz CT molecular complexity index is 132. The standard InChI is InChI=1S/C9H18O4/c1-12-9(11,13-2)7-5-3-4-6-8-10/h8,11H,3-7H2,1-2H3. The Kier molecular flexibility index (Phi) is 6.76. The second-order valence-electron chi connectivity index (χ2n) is 2.89. The number of aldehydes is 1. The molecule has 0 fully saturated rings. The number of ether oxygens (including phenoxy) is 2. The zero-order valence-corrected chi connectivity index (χ0v) is 8.28. The number of rotatable bonds is 8. The molecular formula is C9H18O4. The minimum absolute atomic E-state index is 0.429. The van der Waals surface area contributed by atoms with Crippen LogP contribution < -0.4 is 0 Å². The summed E-state index contributed by atoms with van der Waals surface area (Å²) < 4.78 is 9.51. The molecule has 0 aromatic heterocycles. The molecule has 0 radical (unpaired) electrons. The van der Waals surface area contributed by atoms with E-state index < -0.39 is 5.97 Å². The minimum atomic E-state index is -1.46. The Labute approximate surface area is 78.8 Å². The van der Waals surface area contributed by atoms with Gasteiger partial charge in [0.15, 0.2) is 0 Å². The first kappa shape index (κ1) is 12.6. The van der Waals surface area contributed by atoms with Crippen molar-refractivity contribution in [2.24, 2.45) is 0 Å². The highest BCUT2D eigenvalue weighted by molar-refractivity contribution is 5.48. The van der Waals surface area contributed by atoms with Gasteiger partial charge in [-0.05, 0) is 12.8 Å². The summed E-state index contributed by atoms with van der Waals surface area (Å²) in [6, 6.07) is 0. The molecule has 0 aliphatic carbocycles. The maximum absolute atomic E-state index is 9.98. The summed E-state index contributed by atoms with van der Waals surface area (Å²) in [5.74, 6) is -1.46. The summed E-state index contributed by atoms with van der Waals surface area (Å²) in [5, 5.41) is 9.47. The van der Waals surface area contributed by atoms with Crippen LogP contribution in [0, 0.1) is 0 Å². The van der Waals surface area contributed by atoms with Gasteiger partial charge in [-0.2, -0.15) is 0 Å². The Hall–Kier alpha value is -0.450. The van der Waals surface area contributed by atoms with Crippen LogP contribution >= 0.6 is 0 Å². The zero-order chi connectivity index (χ0) is 10.2. The molecule has 1 N–H and O–H groups in total. The van der Waals surface area contributed by atoms with E-state index in [0.29, 0.717) is 12.8 Å². The molecule has 0 aromatic carbocycles. The van der Waals surface area contributed by atoms with Gasteiger partial charge in [0, 0.05) is 27.1 Å². The van der Waals surface area contributed by atoms with Gasteiger partial charge in [-0.15, -0.1) is 0 Å². The van der Waals surface area contributed by atoms with Crippen LogP contribution in [0.2, 0.25) is 0 Å². The molecular weight excluding hydrogens is 172 g/mol. The predicted molar refractivity (Wildman–Crippen MR) is 48.1 cm³/mol. The fourth-order valence-electron chi connectivity index (χ4n) is 1.04. The van der Waals surface area contributed by atoms with Crippen LogP contribution in [0.4, 0.5) is 0 Å². The van der Waals surface area contributed by atoms with Crippen molar-refractivity contribution in [3.8, 4) is 0 Å². The third-order valence-electron chi connectivity index (χ3n) is 1.95. The van der Waals surface area contributed by atoms with Crippen molar-refractivity contribution < 1.29 is 19.4 Å². The normalized spacial score (nSPS) is 11.6. The monoisotopic (exact) mass is 190 g/mol. The second-order valence-corrected chi connectivity index (χ2v) is 2.89. The summed E-state index contributed by atoms with van der Waals surface area (Å²) in [6.45, 7) is 0. The van der Waals surface area contributed by atoms with Crippen molar-refractivity contribution in [3.05, 3.63) is 0 Å². The summed E-state index contributed by atoms with van der Waals surface area (Å²) in [7, 11) is 2.80. The van der Waals surface area contributed by atoms with E-state index in [9.17, 15) is 9.90 Å². The highest BCUT2D eigenvalue weighted by atomic mass is 16.8. The largest absolute Gasteiger partial charge is 0.343 e. The van der Waals surface area contributed by atoms with Crippen molar-refractivity contribution in [3.63, 3.8) is 0 Å². The molecule has 0 bridgehead atoms. The lowest BCUT2D eigenvalue weighted by Crippen LogP contribution is -2.32. The minimum Gasteiger partial charge on any atom is -0.343 e. The first-order valence-corrected chi connectivity index (χ1v) is 4.45. The number of hydrogen-bond acceptors (Lipinski definition) is 4. The molecule has 0 spiro atoms. The van der Waals surface area contributed by atoms with E-state index in [1.807, 2.05) is 0 Å². The molecule has 4 heteroatoms. The SMILES string of the molecule is COC(O)(CCCCCC=O)OC. The van der Waals surface area contributed by atoms with Crippen LogP contribution in [0.15, 0.2) is 0 Å². The molecule has 0 heterocycles. The smallest absolute Gasteiger partial charge is 0.279 e. The summed E-state index contributed by atoms with van der Waals surface area (Å²) in [5.41, 5.74) is 0. The second kappa shape index (κ2) is 7.00. The van der Waals surface area contributed by atoms with Crippen molar-refractivity contribution in [1.82, 2.24) is 0 Å². The van der Waals surface area contributed by atoms with Gasteiger partial charge in [-0.3, -0.25) is 0 Å². The number of unbranched alkanes of at least 4 members (excludes halogenated alkanes) is 3. The van der Waals surface area contributed by atoms with Gasteiger partial charge < -0.3 is 19.4 Å². The van der Waals surface area contributed by atoms with Crippen LogP contribution in [-0.4, -0.2) is 31.6 Å². The number of aliphatic hydroxyl groups is 1. The molecule has 0 unspecified atom stereocenters. The van der Waals surface area contributed by atoms with E-state index in [0.717, 1.165) is 25.5 Å². The number of hydrogen-bond donors (Lipinski definition) is 1. The Balaban J connectivity index is 3.44. The maximum atomic E-state index is 9.98. The van der Waals surface area contributed by atoms with E-state index in [-0.39, 0.29) is 0 Å². The Morgan fingerprint density at radius 3 is 2.31 bits per heavy atom. The molecule has 4 nitrogen and oxygen atoms in total. The van der Waals surface area contributed by atoms with Crippen LogP contribution in [-0.2, 0) is 14.3 Å². The lowest BCUT2D eigenvalue weighted by molar-refractivity contribution is -0.342. The van der Waals surface area contributed by atoms with Crippen molar-refractivity contribution in [1.29, 1.82) is 0 Å². The molecule has 13 heavy (non-hydrogen) atoms. The van der Waals surface area contributed by atoms with E-state index >= 15 is 0 Å². The zero-order valence-electron chi connectivity index (χ0n) is 8.28. The van der Waals surface area contributed by atoms with Gasteiger partial charge in [0.2, 0.25) is 0 Å². The van der Waals surface area contributed by atoms with Crippen molar-refractivity contribution in [2.75, 3.05) is 14.2 Å². The van der Waals surface area contributed by atoms with Crippen molar-refractivity contribution >= 4 is 6.29 Å². The van der Waals surface area contributed by atoms with Crippen LogP contribution in [0.3, 0.4) is 0 Å². The molecule has 0 saturated heterocycles. The number of carbonyl (C=O) groups is 1. The molecule has 78 valence electrons. The molecule has 0 atom stereocenters. The van der Waals surface area contributed by atoms with E-state index in [4.69, 9.17) is 9.47 Å². The fraction of sp³-hybridized carbons (Fsp3) is 0.889. The van der Waals surface area contributed by atoms with Crippen LogP contribution in [0.25, 0.3) is 0 Å². The lowest BCUT2D eigenvalue weighted by atomic mass is 10.1. The Morgan fingerprint density at radius 1 is 1.23 bits per heavy atom. The molecule has 0 saturated carbocycles. The third kappa shape index (κ3) is 5.74. The highest BCUT2D eigenvalue weighted by Gasteiger charge is 2.24. The molecule has 0 aliphatic rings. The summed E-state index contributed by atoms with van der Waals surface area (Å²) >= 11 is 0. The first-order chi connectivity index (χ1) is 6.18. The molecule has 0 rings (SSSR count). The lowest BCUT2D eigenvalue weighted by Gasteiger charge is -2.23. The van der Waals surface area contributed by atoms with Crippen molar-refractivity contribution in [2.45, 2.75) is 38.1 Å². The van der Waals surface area contributed by atoms with Gasteiger partial charge in [0.1, 0.15) is 6.29 Å². The third-order valence-corrected chi connectivity index (χ3v) is 1.95. The number of carbonyl (C=O) groups excluding carboxylic acids is 1. The van der Waals surface area contributed by atoms with Crippen LogP contribution in [0.1, 0.15) is 32.1 Å². The van der Waals surface area contributed by atoms with Gasteiger partial charge in [-0.1, -0.05) is 6.42 Å². The maximum Gasteiger partial charge on any atom is 0.279 e. The van der Waals surface area contributed by atoms with E-state index in [2.05, 4.69) is 0 Å². The highest BCUT2D eigenvalue weighted by Crippen LogP contribution is 2.16. The van der Waals surface area contributed by atoms with Gasteiger partial charge >= 0.3 is 0 Å². The quantitative estimate of drug-likeness (QED) is 0.353. The number of methoxy groups -OCH3 is 2. The van der Waals surface area contributed by atoms with Gasteiger partial charge in [0.05, 0.1) is 0 Å². The first-order valence-electron chi connectivity index (χ1n) is 4.45. The molecule has 0 aromatic rings.